The molecule has 1 aliphatic heterocycles. The van der Waals surface area contributed by atoms with E-state index >= 15 is 0 Å². The molecule has 1 fully saturated rings. The van der Waals surface area contributed by atoms with Gasteiger partial charge in [-0.2, -0.15) is 0 Å². The Morgan fingerprint density at radius 2 is 2.21 bits per heavy atom. The maximum Gasteiger partial charge on any atom is 0.310 e. The average molecular weight is 264 g/mol. The number of piperidine rings is 1. The average Bonchev–Trinajstić information content (AvgIpc) is 2.46. The molecule has 0 saturated carbocycles. The largest absolute Gasteiger partial charge is 0.469 e. The van der Waals surface area contributed by atoms with Crippen LogP contribution in [0.1, 0.15) is 23.3 Å². The Balaban J connectivity index is 2.08. The Hall–Kier alpha value is -2.18. The lowest BCUT2D eigenvalue weighted by molar-refractivity contribution is -0.145. The van der Waals surface area contributed by atoms with Gasteiger partial charge < -0.3 is 15.4 Å². The second kappa shape index (κ2) is 5.64. The van der Waals surface area contributed by atoms with E-state index in [0.717, 1.165) is 19.4 Å². The highest BCUT2D eigenvalue weighted by molar-refractivity contribution is 5.90. The van der Waals surface area contributed by atoms with Crippen molar-refractivity contribution < 1.29 is 14.3 Å². The molecule has 0 bridgehead atoms. The summed E-state index contributed by atoms with van der Waals surface area (Å²) >= 11 is 0. The first-order chi connectivity index (χ1) is 9.11. The Kier molecular flexibility index (Phi) is 3.94. The fourth-order valence-corrected chi connectivity index (χ4v) is 2.17. The third-order valence-corrected chi connectivity index (χ3v) is 3.18. The van der Waals surface area contributed by atoms with Crippen molar-refractivity contribution in [2.45, 2.75) is 12.8 Å². The van der Waals surface area contributed by atoms with Crippen LogP contribution in [0.4, 0.5) is 5.82 Å². The number of anilines is 1. The number of hydrogen-bond acceptors (Lipinski definition) is 6. The van der Waals surface area contributed by atoms with Crippen LogP contribution in [0.3, 0.4) is 0 Å². The predicted molar refractivity (Wildman–Crippen MR) is 67.5 cm³/mol. The van der Waals surface area contributed by atoms with E-state index in [2.05, 4.69) is 10.2 Å². The fourth-order valence-electron chi connectivity index (χ4n) is 2.17. The molecule has 1 aromatic heterocycles. The molecule has 1 aliphatic rings. The van der Waals surface area contributed by atoms with Gasteiger partial charge in [-0.25, -0.2) is 0 Å². The van der Waals surface area contributed by atoms with E-state index in [4.69, 9.17) is 10.5 Å². The maximum atomic E-state index is 11.5. The minimum Gasteiger partial charge on any atom is -0.469 e. The molecule has 7 heteroatoms. The van der Waals surface area contributed by atoms with E-state index in [1.165, 1.54) is 13.2 Å². The molecule has 1 atom stereocenters. The topological polar surface area (TPSA) is 98.4 Å². The normalized spacial score (nSPS) is 19.0. The molecule has 2 rings (SSSR count). The summed E-state index contributed by atoms with van der Waals surface area (Å²) in [7, 11) is 1.39. The standard InChI is InChI=1S/C12H16N4O3/c1-19-12(18)8-3-2-6-16(7-8)10-5-4-9(11(13)17)14-15-10/h4-5,8H,2-3,6-7H2,1H3,(H2,13,17). The maximum absolute atomic E-state index is 11.5. The van der Waals surface area contributed by atoms with Gasteiger partial charge in [0.25, 0.3) is 5.91 Å². The smallest absolute Gasteiger partial charge is 0.310 e. The molecule has 0 aromatic carbocycles. The zero-order valence-electron chi connectivity index (χ0n) is 10.7. The number of primary amides is 1. The van der Waals surface area contributed by atoms with Gasteiger partial charge in [0, 0.05) is 13.1 Å². The third-order valence-electron chi connectivity index (χ3n) is 3.18. The number of rotatable bonds is 3. The SMILES string of the molecule is COC(=O)C1CCCN(c2ccc(C(N)=O)nn2)C1. The minimum absolute atomic E-state index is 0.130. The molecule has 0 spiro atoms. The van der Waals surface area contributed by atoms with Crippen molar-refractivity contribution in [3.63, 3.8) is 0 Å². The summed E-state index contributed by atoms with van der Waals surface area (Å²) in [6.07, 6.45) is 1.70. The van der Waals surface area contributed by atoms with E-state index in [1.54, 1.807) is 6.07 Å². The minimum atomic E-state index is -0.606. The second-order valence-corrected chi connectivity index (χ2v) is 4.45. The Bertz CT molecular complexity index is 474. The molecular formula is C12H16N4O3. The van der Waals surface area contributed by atoms with E-state index in [-0.39, 0.29) is 17.6 Å². The van der Waals surface area contributed by atoms with Crippen LogP contribution < -0.4 is 10.6 Å². The first-order valence-corrected chi connectivity index (χ1v) is 6.08. The van der Waals surface area contributed by atoms with Crippen LogP contribution in [-0.4, -0.2) is 42.3 Å². The van der Waals surface area contributed by atoms with Crippen molar-refractivity contribution in [3.8, 4) is 0 Å². The highest BCUT2D eigenvalue weighted by Crippen LogP contribution is 2.21. The highest BCUT2D eigenvalue weighted by Gasteiger charge is 2.27. The quantitative estimate of drug-likeness (QED) is 0.769. The Morgan fingerprint density at radius 3 is 2.79 bits per heavy atom. The van der Waals surface area contributed by atoms with Crippen molar-refractivity contribution in [3.05, 3.63) is 17.8 Å². The van der Waals surface area contributed by atoms with Crippen LogP contribution in [0.5, 0.6) is 0 Å². The molecule has 102 valence electrons. The molecule has 1 aromatic rings. The second-order valence-electron chi connectivity index (χ2n) is 4.45. The summed E-state index contributed by atoms with van der Waals surface area (Å²) < 4.78 is 4.76. The van der Waals surface area contributed by atoms with Crippen LogP contribution in [-0.2, 0) is 9.53 Å². The van der Waals surface area contributed by atoms with Crippen LogP contribution in [0.2, 0.25) is 0 Å². The van der Waals surface area contributed by atoms with Crippen LogP contribution in [0, 0.1) is 5.92 Å². The van der Waals surface area contributed by atoms with E-state index < -0.39 is 5.91 Å². The van der Waals surface area contributed by atoms with Crippen molar-refractivity contribution in [1.29, 1.82) is 0 Å². The molecule has 7 nitrogen and oxygen atoms in total. The van der Waals surface area contributed by atoms with Gasteiger partial charge in [-0.05, 0) is 25.0 Å². The molecule has 19 heavy (non-hydrogen) atoms. The van der Waals surface area contributed by atoms with Gasteiger partial charge in [-0.15, -0.1) is 10.2 Å². The Morgan fingerprint density at radius 1 is 1.42 bits per heavy atom. The first kappa shape index (κ1) is 13.3. The first-order valence-electron chi connectivity index (χ1n) is 6.08. The van der Waals surface area contributed by atoms with Crippen LogP contribution >= 0.6 is 0 Å². The van der Waals surface area contributed by atoms with Crippen molar-refractivity contribution in [1.82, 2.24) is 10.2 Å². The zero-order chi connectivity index (χ0) is 13.8. The van der Waals surface area contributed by atoms with E-state index in [0.29, 0.717) is 12.4 Å². The summed E-state index contributed by atoms with van der Waals surface area (Å²) in [6, 6.07) is 3.22. The number of amides is 1. The molecule has 2 heterocycles. The number of aromatic nitrogens is 2. The molecule has 1 saturated heterocycles. The van der Waals surface area contributed by atoms with Gasteiger partial charge in [0.1, 0.15) is 0 Å². The molecular weight excluding hydrogens is 248 g/mol. The van der Waals surface area contributed by atoms with Crippen molar-refractivity contribution in [2.24, 2.45) is 11.7 Å². The number of carbonyl (C=O) groups excluding carboxylic acids is 2. The summed E-state index contributed by atoms with van der Waals surface area (Å²) in [6.45, 7) is 1.36. The summed E-state index contributed by atoms with van der Waals surface area (Å²) in [4.78, 5) is 24.4. The Labute approximate surface area is 110 Å². The van der Waals surface area contributed by atoms with Crippen LogP contribution in [0.25, 0.3) is 0 Å². The van der Waals surface area contributed by atoms with Crippen LogP contribution in [0.15, 0.2) is 12.1 Å². The molecule has 1 amide bonds. The summed E-state index contributed by atoms with van der Waals surface area (Å²) in [5.74, 6) is -0.313. The summed E-state index contributed by atoms with van der Waals surface area (Å²) in [5.41, 5.74) is 5.24. The van der Waals surface area contributed by atoms with Gasteiger partial charge in [0.05, 0.1) is 13.0 Å². The van der Waals surface area contributed by atoms with Gasteiger partial charge in [-0.3, -0.25) is 9.59 Å². The number of carbonyl (C=O) groups is 2. The zero-order valence-corrected chi connectivity index (χ0v) is 10.7. The number of esters is 1. The van der Waals surface area contributed by atoms with Gasteiger partial charge >= 0.3 is 5.97 Å². The number of nitrogens with two attached hydrogens (primary N) is 1. The third kappa shape index (κ3) is 2.98. The number of ether oxygens (including phenoxy) is 1. The summed E-state index contributed by atoms with van der Waals surface area (Å²) in [5, 5.41) is 7.73. The van der Waals surface area contributed by atoms with E-state index in [9.17, 15) is 9.59 Å². The lowest BCUT2D eigenvalue weighted by Crippen LogP contribution is -2.39. The molecule has 0 radical (unpaired) electrons. The monoisotopic (exact) mass is 264 g/mol. The molecule has 1 unspecified atom stereocenters. The number of hydrogen-bond donors (Lipinski definition) is 1. The van der Waals surface area contributed by atoms with Crippen molar-refractivity contribution in [2.75, 3.05) is 25.1 Å². The fraction of sp³-hybridized carbons (Fsp3) is 0.500. The van der Waals surface area contributed by atoms with Crippen molar-refractivity contribution >= 4 is 17.7 Å². The van der Waals surface area contributed by atoms with Gasteiger partial charge in [-0.1, -0.05) is 0 Å². The predicted octanol–water partition coefficient (Wildman–Crippen LogP) is -0.0351. The number of methoxy groups -OCH3 is 1. The van der Waals surface area contributed by atoms with E-state index in [1.807, 2.05) is 4.90 Å². The lowest BCUT2D eigenvalue weighted by atomic mass is 9.98. The molecule has 0 aliphatic carbocycles. The highest BCUT2D eigenvalue weighted by atomic mass is 16.5. The van der Waals surface area contributed by atoms with Gasteiger partial charge in [0.2, 0.25) is 0 Å². The molecule has 2 N–H and O–H groups in total. The lowest BCUT2D eigenvalue weighted by Gasteiger charge is -2.31. The van der Waals surface area contributed by atoms with Gasteiger partial charge in [0.15, 0.2) is 11.5 Å². The number of nitrogens with zero attached hydrogens (tertiary/aromatic N) is 3.